The van der Waals surface area contributed by atoms with Crippen molar-refractivity contribution in [2.24, 2.45) is 0 Å². The van der Waals surface area contributed by atoms with Crippen molar-refractivity contribution in [3.8, 4) is 44.7 Å². The van der Waals surface area contributed by atoms with Crippen molar-refractivity contribution in [1.82, 2.24) is 0 Å². The molecule has 0 saturated carbocycles. The Hall–Kier alpha value is -3.85. The molecule has 0 fully saturated rings. The van der Waals surface area contributed by atoms with Crippen LogP contribution in [0.2, 0.25) is 10.0 Å². The van der Waals surface area contributed by atoms with E-state index in [4.69, 9.17) is 27.6 Å². The van der Waals surface area contributed by atoms with Crippen molar-refractivity contribution in [3.05, 3.63) is 130 Å². The van der Waals surface area contributed by atoms with Gasteiger partial charge in [0.25, 0.3) is 0 Å². The summed E-state index contributed by atoms with van der Waals surface area (Å²) in [5, 5.41) is 2.54. The molecule has 1 heterocycles. The summed E-state index contributed by atoms with van der Waals surface area (Å²) in [6, 6.07) is 35.4. The Morgan fingerprint density at radius 3 is 1.89 bits per heavy atom. The largest absolute Gasteiger partial charge is 0.422 e. The van der Waals surface area contributed by atoms with Gasteiger partial charge >= 0.3 is 5.63 Å². The number of rotatable bonds is 3. The lowest BCUT2D eigenvalue weighted by atomic mass is 9.95. The van der Waals surface area contributed by atoms with E-state index >= 15 is 0 Å². The molecule has 0 unspecified atom stereocenters. The van der Waals surface area contributed by atoms with Gasteiger partial charge in [-0.15, -0.1) is 0 Å². The fourth-order valence-electron chi connectivity index (χ4n) is 4.64. The molecule has 1 aromatic heterocycles. The zero-order chi connectivity index (χ0) is 23.9. The fraction of sp³-hybridized carbons (Fsp3) is 0. The Bertz CT molecular complexity index is 1740. The quantitative estimate of drug-likeness (QED) is 0.246. The summed E-state index contributed by atoms with van der Waals surface area (Å²) in [6.07, 6.45) is 0. The van der Waals surface area contributed by atoms with E-state index in [2.05, 4.69) is 36.4 Å². The Labute approximate surface area is 212 Å². The molecule has 0 saturated heterocycles. The average Bonchev–Trinajstić information content (AvgIpc) is 3.10. The van der Waals surface area contributed by atoms with Crippen molar-refractivity contribution in [2.45, 2.75) is 0 Å². The summed E-state index contributed by atoms with van der Waals surface area (Å²) in [5.41, 5.74) is 6.17. The van der Waals surface area contributed by atoms with E-state index in [1.807, 2.05) is 60.7 Å². The molecule has 0 aliphatic heterocycles. The van der Waals surface area contributed by atoms with Crippen LogP contribution in [0.5, 0.6) is 0 Å². The molecule has 0 atom stereocenters. The van der Waals surface area contributed by atoms with Gasteiger partial charge in [0, 0.05) is 26.6 Å². The number of hydrogen-bond donors (Lipinski definition) is 0. The lowest BCUT2D eigenvalue weighted by molar-refractivity contribution is 0.536. The molecule has 3 aromatic carbocycles. The fourth-order valence-corrected chi connectivity index (χ4v) is 5.02. The third kappa shape index (κ3) is 3.91. The van der Waals surface area contributed by atoms with Crippen LogP contribution in [0.1, 0.15) is 0 Å². The van der Waals surface area contributed by atoms with Crippen molar-refractivity contribution in [3.63, 3.8) is 0 Å². The Morgan fingerprint density at radius 1 is 0.543 bits per heavy atom. The minimum absolute atomic E-state index is 0.386. The minimum Gasteiger partial charge on any atom is -0.422 e. The van der Waals surface area contributed by atoms with Crippen LogP contribution in [0.3, 0.4) is 0 Å². The molecule has 6 rings (SSSR count). The smallest absolute Gasteiger partial charge is 0.344 e. The summed E-state index contributed by atoms with van der Waals surface area (Å²) >= 11 is 12.7. The van der Waals surface area contributed by atoms with Crippen molar-refractivity contribution in [1.29, 1.82) is 0 Å². The summed E-state index contributed by atoms with van der Waals surface area (Å²) < 4.78 is 5.95. The van der Waals surface area contributed by atoms with E-state index in [-0.39, 0.29) is 5.63 Å². The Balaban J connectivity index is 1.72. The normalized spacial score (nSPS) is 11.3. The number of fused-ring (bicyclic) bond motifs is 3. The maximum absolute atomic E-state index is 13.2. The van der Waals surface area contributed by atoms with Gasteiger partial charge in [-0.05, 0) is 58.1 Å². The standard InChI is InChI=1S/C31H18Cl2O2/c32-24-10-4-8-22(16-24)28-29-26-15-14-20(19-6-2-1-3-7-19)12-13-21(26)18-27(29)31(34)35-30(28)23-9-5-11-25(33)17-23/h1-18H. The van der Waals surface area contributed by atoms with E-state index in [0.29, 0.717) is 21.2 Å². The first kappa shape index (κ1) is 21.7. The molecule has 168 valence electrons. The second kappa shape index (κ2) is 8.74. The number of halogens is 2. The van der Waals surface area contributed by atoms with E-state index in [9.17, 15) is 4.79 Å². The molecule has 0 radical (unpaired) electrons. The first-order chi connectivity index (χ1) is 17.1. The van der Waals surface area contributed by atoms with Gasteiger partial charge in [0.2, 0.25) is 0 Å². The van der Waals surface area contributed by atoms with Gasteiger partial charge in [-0.3, -0.25) is 0 Å². The molecular formula is C31H18Cl2O2. The summed E-state index contributed by atoms with van der Waals surface area (Å²) in [5.74, 6) is 0.467. The third-order valence-electron chi connectivity index (χ3n) is 6.22. The van der Waals surface area contributed by atoms with E-state index < -0.39 is 0 Å². The van der Waals surface area contributed by atoms with Gasteiger partial charge in [0.05, 0.1) is 5.39 Å². The Morgan fingerprint density at radius 2 is 1.14 bits per heavy atom. The van der Waals surface area contributed by atoms with E-state index in [1.54, 1.807) is 12.1 Å². The molecule has 2 aliphatic rings. The van der Waals surface area contributed by atoms with Crippen LogP contribution in [0.15, 0.2) is 118 Å². The molecule has 4 aromatic rings. The zero-order valence-electron chi connectivity index (χ0n) is 18.5. The third-order valence-corrected chi connectivity index (χ3v) is 6.69. The van der Waals surface area contributed by atoms with Gasteiger partial charge in [-0.1, -0.05) is 102 Å². The topological polar surface area (TPSA) is 30.2 Å². The molecule has 0 spiro atoms. The monoisotopic (exact) mass is 492 g/mol. The molecule has 0 N–H and O–H groups in total. The number of benzene rings is 3. The lowest BCUT2D eigenvalue weighted by Crippen LogP contribution is -2.01. The van der Waals surface area contributed by atoms with Crippen molar-refractivity contribution < 1.29 is 4.42 Å². The van der Waals surface area contributed by atoms with Gasteiger partial charge in [0.15, 0.2) is 0 Å². The number of hydrogen-bond acceptors (Lipinski definition) is 2. The molecule has 2 aliphatic carbocycles. The van der Waals surface area contributed by atoms with Crippen LogP contribution in [-0.4, -0.2) is 0 Å². The van der Waals surface area contributed by atoms with Crippen LogP contribution in [-0.2, 0) is 0 Å². The summed E-state index contributed by atoms with van der Waals surface area (Å²) in [7, 11) is 0. The second-order valence-electron chi connectivity index (χ2n) is 8.40. The van der Waals surface area contributed by atoms with Crippen LogP contribution in [0, 0.1) is 0 Å². The highest BCUT2D eigenvalue weighted by Crippen LogP contribution is 2.44. The van der Waals surface area contributed by atoms with Gasteiger partial charge in [-0.2, -0.15) is 0 Å². The predicted octanol–water partition coefficient (Wildman–Crippen LogP) is 9.21. The first-order valence-corrected chi connectivity index (χ1v) is 11.9. The van der Waals surface area contributed by atoms with Crippen LogP contribution in [0.4, 0.5) is 0 Å². The lowest BCUT2D eigenvalue weighted by Gasteiger charge is -2.12. The molecule has 0 bridgehead atoms. The molecular weight excluding hydrogens is 475 g/mol. The SMILES string of the molecule is O=c1oc(-c2cccc(Cl)c2)c(-c2cccc(Cl)c2)c2c3ccc(-c4ccccc4)ccc-3cc12. The second-order valence-corrected chi connectivity index (χ2v) is 9.28. The average molecular weight is 493 g/mol. The Kier molecular flexibility index (Phi) is 5.41. The highest BCUT2D eigenvalue weighted by molar-refractivity contribution is 6.31. The molecule has 0 amide bonds. The highest BCUT2D eigenvalue weighted by atomic mass is 35.5. The van der Waals surface area contributed by atoms with E-state index in [0.717, 1.165) is 44.3 Å². The minimum atomic E-state index is -0.386. The van der Waals surface area contributed by atoms with Gasteiger partial charge in [-0.25, -0.2) is 4.79 Å². The molecule has 35 heavy (non-hydrogen) atoms. The maximum Gasteiger partial charge on any atom is 0.344 e. The van der Waals surface area contributed by atoms with Gasteiger partial charge in [0.1, 0.15) is 5.76 Å². The summed E-state index contributed by atoms with van der Waals surface area (Å²) in [6.45, 7) is 0. The summed E-state index contributed by atoms with van der Waals surface area (Å²) in [4.78, 5) is 13.2. The first-order valence-electron chi connectivity index (χ1n) is 11.2. The molecule has 2 nitrogen and oxygen atoms in total. The molecule has 4 heteroatoms. The predicted molar refractivity (Wildman–Crippen MR) is 145 cm³/mol. The van der Waals surface area contributed by atoms with Gasteiger partial charge < -0.3 is 4.42 Å². The van der Waals surface area contributed by atoms with Crippen molar-refractivity contribution >= 4 is 34.0 Å². The zero-order valence-corrected chi connectivity index (χ0v) is 20.0. The van der Waals surface area contributed by atoms with Crippen LogP contribution < -0.4 is 5.63 Å². The van der Waals surface area contributed by atoms with Crippen LogP contribution in [0.25, 0.3) is 55.5 Å². The van der Waals surface area contributed by atoms with Crippen LogP contribution >= 0.6 is 23.2 Å². The van der Waals surface area contributed by atoms with E-state index in [1.165, 1.54) is 0 Å². The highest BCUT2D eigenvalue weighted by Gasteiger charge is 2.23. The van der Waals surface area contributed by atoms with Crippen molar-refractivity contribution in [2.75, 3.05) is 0 Å². The maximum atomic E-state index is 13.2.